The molecule has 0 aliphatic carbocycles. The predicted octanol–water partition coefficient (Wildman–Crippen LogP) is 0.557. The highest BCUT2D eigenvalue weighted by atomic mass is 32.2. The Labute approximate surface area is 152 Å². The van der Waals surface area contributed by atoms with E-state index in [4.69, 9.17) is 14.6 Å². The van der Waals surface area contributed by atoms with E-state index in [2.05, 4.69) is 5.32 Å². The Balaban J connectivity index is 2.96. The molecule has 10 heteroatoms. The number of carbonyl (C=O) groups excluding carboxylic acids is 1. The Kier molecular flexibility index (Phi) is 8.49. The molecular formula is C16H24N2O7S. The molecule has 1 amide bonds. The molecule has 0 aliphatic rings. The molecule has 0 unspecified atom stereocenters. The molecule has 0 atom stereocenters. The highest BCUT2D eigenvalue weighted by Gasteiger charge is 2.24. The van der Waals surface area contributed by atoms with Crippen molar-refractivity contribution in [1.82, 2.24) is 9.62 Å². The van der Waals surface area contributed by atoms with Gasteiger partial charge in [-0.15, -0.1) is 0 Å². The van der Waals surface area contributed by atoms with Gasteiger partial charge in [-0.25, -0.2) is 13.2 Å². The molecule has 0 heterocycles. The lowest BCUT2D eigenvalue weighted by Crippen LogP contribution is -2.31. The molecule has 0 saturated carbocycles. The van der Waals surface area contributed by atoms with Crippen LogP contribution in [0.1, 0.15) is 24.2 Å². The van der Waals surface area contributed by atoms with E-state index >= 15 is 0 Å². The summed E-state index contributed by atoms with van der Waals surface area (Å²) in [5.41, 5.74) is 0.0685. The molecule has 146 valence electrons. The number of amides is 1. The Bertz CT molecular complexity index is 730. The van der Waals surface area contributed by atoms with Crippen LogP contribution in [-0.2, 0) is 19.6 Å². The number of carboxylic acid groups (broad SMARTS) is 1. The van der Waals surface area contributed by atoms with Gasteiger partial charge in [-0.2, -0.15) is 4.31 Å². The molecule has 0 fully saturated rings. The van der Waals surface area contributed by atoms with Crippen LogP contribution in [0.25, 0.3) is 0 Å². The van der Waals surface area contributed by atoms with Crippen molar-refractivity contribution in [3.05, 3.63) is 23.8 Å². The van der Waals surface area contributed by atoms with Crippen LogP contribution in [0.4, 0.5) is 0 Å². The number of ether oxygens (including phenoxy) is 2. The summed E-state index contributed by atoms with van der Waals surface area (Å²) in [6, 6.07) is 4.07. The lowest BCUT2D eigenvalue weighted by Gasteiger charge is -2.19. The molecule has 0 spiro atoms. The van der Waals surface area contributed by atoms with Crippen LogP contribution < -0.4 is 10.1 Å². The molecule has 1 rings (SSSR count). The molecule has 0 aromatic heterocycles. The van der Waals surface area contributed by atoms with Crippen molar-refractivity contribution >= 4 is 21.9 Å². The van der Waals surface area contributed by atoms with Crippen molar-refractivity contribution in [2.24, 2.45) is 0 Å². The molecule has 1 aromatic carbocycles. The molecule has 0 bridgehead atoms. The lowest BCUT2D eigenvalue weighted by molar-refractivity contribution is -0.142. The van der Waals surface area contributed by atoms with Gasteiger partial charge in [0.2, 0.25) is 10.0 Å². The molecule has 26 heavy (non-hydrogen) atoms. The summed E-state index contributed by atoms with van der Waals surface area (Å²) < 4.78 is 36.5. The van der Waals surface area contributed by atoms with E-state index in [9.17, 15) is 18.0 Å². The van der Waals surface area contributed by atoms with Gasteiger partial charge in [-0.05, 0) is 18.2 Å². The minimum Gasteiger partial charge on any atom is -0.496 e. The average molecular weight is 388 g/mol. The van der Waals surface area contributed by atoms with E-state index in [-0.39, 0.29) is 29.4 Å². The van der Waals surface area contributed by atoms with Crippen molar-refractivity contribution < 1.29 is 32.6 Å². The zero-order valence-electron chi connectivity index (χ0n) is 15.0. The largest absolute Gasteiger partial charge is 0.496 e. The van der Waals surface area contributed by atoms with Crippen LogP contribution >= 0.6 is 0 Å². The maximum Gasteiger partial charge on any atom is 0.329 e. The number of hydrogen-bond donors (Lipinski definition) is 2. The smallest absolute Gasteiger partial charge is 0.329 e. The Hall–Kier alpha value is -2.17. The summed E-state index contributed by atoms with van der Waals surface area (Å²) in [5, 5.41) is 11.0. The van der Waals surface area contributed by atoms with Crippen LogP contribution in [0.3, 0.4) is 0 Å². The third kappa shape index (κ3) is 5.68. The minimum atomic E-state index is -3.71. The first-order chi connectivity index (χ1) is 12.3. The van der Waals surface area contributed by atoms with Crippen molar-refractivity contribution in [1.29, 1.82) is 0 Å². The second-order valence-corrected chi connectivity index (χ2v) is 7.09. The maximum absolute atomic E-state index is 12.6. The molecule has 0 radical (unpaired) electrons. The van der Waals surface area contributed by atoms with Gasteiger partial charge in [-0.3, -0.25) is 4.79 Å². The number of rotatable bonds is 11. The standard InChI is InChI=1S/C16H24N2O7S/c1-4-18(5-2)26(22,23)12-6-7-14(24-3)13(10-12)16(21)17-8-9-25-11-15(19)20/h6-7,10H,4-5,8-9,11H2,1-3H3,(H,17,21)(H,19,20). The van der Waals surface area contributed by atoms with E-state index in [0.29, 0.717) is 13.1 Å². The molecule has 1 aromatic rings. The highest BCUT2D eigenvalue weighted by Crippen LogP contribution is 2.24. The molecule has 2 N–H and O–H groups in total. The Morgan fingerprint density at radius 3 is 2.42 bits per heavy atom. The van der Waals surface area contributed by atoms with E-state index in [1.807, 2.05) is 0 Å². The Morgan fingerprint density at radius 1 is 1.23 bits per heavy atom. The number of aliphatic carboxylic acids is 1. The second-order valence-electron chi connectivity index (χ2n) is 5.15. The van der Waals surface area contributed by atoms with Crippen LogP contribution in [0, 0.1) is 0 Å². The normalized spacial score (nSPS) is 11.4. The number of nitrogens with one attached hydrogen (secondary N) is 1. The third-order valence-corrected chi connectivity index (χ3v) is 5.56. The summed E-state index contributed by atoms with van der Waals surface area (Å²) in [6.45, 7) is 3.71. The minimum absolute atomic E-state index is 0.00530. The van der Waals surface area contributed by atoms with Crippen molar-refractivity contribution in [3.8, 4) is 5.75 Å². The number of methoxy groups -OCH3 is 1. The van der Waals surface area contributed by atoms with E-state index in [0.717, 1.165) is 0 Å². The van der Waals surface area contributed by atoms with Crippen LogP contribution in [0.2, 0.25) is 0 Å². The fourth-order valence-electron chi connectivity index (χ4n) is 2.23. The van der Waals surface area contributed by atoms with Gasteiger partial charge in [-0.1, -0.05) is 13.8 Å². The number of hydrogen-bond acceptors (Lipinski definition) is 6. The zero-order valence-corrected chi connectivity index (χ0v) is 15.8. The summed E-state index contributed by atoms with van der Waals surface area (Å²) in [6.07, 6.45) is 0. The molecular weight excluding hydrogens is 364 g/mol. The van der Waals surface area contributed by atoms with Crippen LogP contribution in [-0.4, -0.2) is 69.7 Å². The first kappa shape index (κ1) is 21.9. The van der Waals surface area contributed by atoms with Crippen molar-refractivity contribution in [3.63, 3.8) is 0 Å². The van der Waals surface area contributed by atoms with Gasteiger partial charge in [0.25, 0.3) is 5.91 Å². The predicted molar refractivity (Wildman–Crippen MR) is 93.9 cm³/mol. The van der Waals surface area contributed by atoms with Crippen molar-refractivity contribution in [2.45, 2.75) is 18.7 Å². The molecule has 0 aliphatic heterocycles. The SMILES string of the molecule is CCN(CC)S(=O)(=O)c1ccc(OC)c(C(=O)NCCOCC(=O)O)c1. The highest BCUT2D eigenvalue weighted by molar-refractivity contribution is 7.89. The van der Waals surface area contributed by atoms with Gasteiger partial charge in [0.05, 0.1) is 24.2 Å². The first-order valence-corrected chi connectivity index (χ1v) is 9.47. The zero-order chi connectivity index (χ0) is 19.7. The number of sulfonamides is 1. The summed E-state index contributed by atoms with van der Waals surface area (Å²) in [4.78, 5) is 22.7. The third-order valence-electron chi connectivity index (χ3n) is 3.52. The first-order valence-electron chi connectivity index (χ1n) is 8.03. The summed E-state index contributed by atoms with van der Waals surface area (Å²) in [5.74, 6) is -1.42. The average Bonchev–Trinajstić information content (AvgIpc) is 2.61. The fourth-order valence-corrected chi connectivity index (χ4v) is 3.71. The maximum atomic E-state index is 12.6. The van der Waals surface area contributed by atoms with Crippen molar-refractivity contribution in [2.75, 3.05) is 40.0 Å². The molecule has 0 saturated heterocycles. The van der Waals surface area contributed by atoms with Gasteiger partial charge < -0.3 is 19.9 Å². The van der Waals surface area contributed by atoms with Gasteiger partial charge >= 0.3 is 5.97 Å². The topological polar surface area (TPSA) is 122 Å². The van der Waals surface area contributed by atoms with Crippen LogP contribution in [0.5, 0.6) is 5.75 Å². The van der Waals surface area contributed by atoms with E-state index in [1.54, 1.807) is 13.8 Å². The van der Waals surface area contributed by atoms with Gasteiger partial charge in [0.15, 0.2) is 0 Å². The van der Waals surface area contributed by atoms with E-state index in [1.165, 1.54) is 29.6 Å². The molecule has 9 nitrogen and oxygen atoms in total. The fraction of sp³-hybridized carbons (Fsp3) is 0.500. The number of carbonyl (C=O) groups is 2. The Morgan fingerprint density at radius 2 is 1.88 bits per heavy atom. The monoisotopic (exact) mass is 388 g/mol. The van der Waals surface area contributed by atoms with Gasteiger partial charge in [0, 0.05) is 19.6 Å². The van der Waals surface area contributed by atoms with Gasteiger partial charge in [0.1, 0.15) is 12.4 Å². The summed E-state index contributed by atoms with van der Waals surface area (Å²) >= 11 is 0. The van der Waals surface area contributed by atoms with E-state index < -0.39 is 28.5 Å². The van der Waals surface area contributed by atoms with Crippen LogP contribution in [0.15, 0.2) is 23.1 Å². The number of nitrogens with zero attached hydrogens (tertiary/aromatic N) is 1. The lowest BCUT2D eigenvalue weighted by atomic mass is 10.2. The summed E-state index contributed by atoms with van der Waals surface area (Å²) in [7, 11) is -2.34. The number of benzene rings is 1. The number of carboxylic acids is 1. The quantitative estimate of drug-likeness (QED) is 0.531. The second kappa shape index (κ2) is 10.1.